The summed E-state index contributed by atoms with van der Waals surface area (Å²) in [6.45, 7) is 3.81. The van der Waals surface area contributed by atoms with Gasteiger partial charge in [-0.25, -0.2) is 0 Å². The zero-order valence-corrected chi connectivity index (χ0v) is 13.0. The third kappa shape index (κ3) is 4.23. The van der Waals surface area contributed by atoms with Gasteiger partial charge in [0.1, 0.15) is 5.75 Å². The fraction of sp³-hybridized carbons (Fsp3) is 0.529. The first-order valence-corrected chi connectivity index (χ1v) is 7.86. The van der Waals surface area contributed by atoms with E-state index >= 15 is 0 Å². The molecule has 1 aliphatic rings. The first-order valence-electron chi connectivity index (χ1n) is 7.86. The predicted molar refractivity (Wildman–Crippen MR) is 83.1 cm³/mol. The molecular formula is C17H23NO4. The van der Waals surface area contributed by atoms with Crippen molar-refractivity contribution in [2.45, 2.75) is 32.6 Å². The fourth-order valence-corrected chi connectivity index (χ4v) is 2.54. The maximum absolute atomic E-state index is 12.4. The number of carbonyl (C=O) groups is 2. The molecule has 1 heterocycles. The van der Waals surface area contributed by atoms with Crippen LogP contribution < -0.4 is 4.74 Å². The summed E-state index contributed by atoms with van der Waals surface area (Å²) in [4.78, 5) is 25.0. The van der Waals surface area contributed by atoms with Crippen LogP contribution in [0.2, 0.25) is 0 Å². The van der Waals surface area contributed by atoms with E-state index in [9.17, 15) is 9.59 Å². The number of aliphatic carboxylic acids is 1. The molecule has 0 radical (unpaired) electrons. The van der Waals surface area contributed by atoms with Gasteiger partial charge in [0.15, 0.2) is 0 Å². The van der Waals surface area contributed by atoms with Gasteiger partial charge >= 0.3 is 5.97 Å². The molecular weight excluding hydrogens is 282 g/mol. The molecule has 2 rings (SSSR count). The van der Waals surface area contributed by atoms with Crippen molar-refractivity contribution >= 4 is 11.9 Å². The van der Waals surface area contributed by atoms with Crippen molar-refractivity contribution in [3.8, 4) is 5.75 Å². The van der Waals surface area contributed by atoms with Crippen LogP contribution in [0.15, 0.2) is 24.3 Å². The highest BCUT2D eigenvalue weighted by Gasteiger charge is 2.27. The van der Waals surface area contributed by atoms with Crippen LogP contribution in [0, 0.1) is 5.92 Å². The van der Waals surface area contributed by atoms with Crippen LogP contribution in [0.5, 0.6) is 5.75 Å². The monoisotopic (exact) mass is 305 g/mol. The number of unbranched alkanes of at least 4 members (excludes halogenated alkanes) is 1. The normalized spacial score (nSPS) is 15.6. The Bertz CT molecular complexity index is 504. The molecule has 1 aromatic rings. The molecule has 0 aliphatic carbocycles. The van der Waals surface area contributed by atoms with Gasteiger partial charge in [0, 0.05) is 18.7 Å². The van der Waals surface area contributed by atoms with Gasteiger partial charge in [-0.05, 0) is 43.5 Å². The molecule has 1 amide bonds. The Labute approximate surface area is 130 Å². The largest absolute Gasteiger partial charge is 0.494 e. The average molecular weight is 305 g/mol. The van der Waals surface area contributed by atoms with E-state index < -0.39 is 5.97 Å². The van der Waals surface area contributed by atoms with E-state index in [0.29, 0.717) is 38.1 Å². The number of likely N-dealkylation sites (tertiary alicyclic amines) is 1. The van der Waals surface area contributed by atoms with E-state index in [1.54, 1.807) is 17.0 Å². The molecule has 0 bridgehead atoms. The smallest absolute Gasteiger partial charge is 0.306 e. The number of hydrogen-bond acceptors (Lipinski definition) is 3. The van der Waals surface area contributed by atoms with E-state index in [2.05, 4.69) is 6.92 Å². The van der Waals surface area contributed by atoms with Crippen molar-refractivity contribution in [2.75, 3.05) is 19.7 Å². The van der Waals surface area contributed by atoms with Gasteiger partial charge < -0.3 is 14.7 Å². The van der Waals surface area contributed by atoms with Crippen LogP contribution in [0.3, 0.4) is 0 Å². The molecule has 120 valence electrons. The van der Waals surface area contributed by atoms with E-state index in [1.165, 1.54) is 0 Å². The van der Waals surface area contributed by atoms with Crippen molar-refractivity contribution in [3.63, 3.8) is 0 Å². The second kappa shape index (κ2) is 7.82. The Balaban J connectivity index is 1.89. The van der Waals surface area contributed by atoms with E-state index in [1.807, 2.05) is 12.1 Å². The van der Waals surface area contributed by atoms with Gasteiger partial charge in [-0.2, -0.15) is 0 Å². The first kappa shape index (κ1) is 16.3. The molecule has 0 atom stereocenters. The highest BCUT2D eigenvalue weighted by Crippen LogP contribution is 2.20. The lowest BCUT2D eigenvalue weighted by Crippen LogP contribution is -2.40. The number of benzene rings is 1. The topological polar surface area (TPSA) is 66.8 Å². The van der Waals surface area contributed by atoms with Crippen LogP contribution in [0.4, 0.5) is 0 Å². The number of carboxylic acid groups (broad SMARTS) is 1. The lowest BCUT2D eigenvalue weighted by Gasteiger charge is -2.30. The fourth-order valence-electron chi connectivity index (χ4n) is 2.54. The molecule has 0 aromatic heterocycles. The minimum atomic E-state index is -0.763. The Hall–Kier alpha value is -2.04. The molecule has 0 saturated carbocycles. The van der Waals surface area contributed by atoms with Crippen molar-refractivity contribution in [1.82, 2.24) is 4.90 Å². The number of rotatable bonds is 6. The predicted octanol–water partition coefficient (Wildman–Crippen LogP) is 2.80. The van der Waals surface area contributed by atoms with Gasteiger partial charge in [-0.3, -0.25) is 9.59 Å². The highest BCUT2D eigenvalue weighted by atomic mass is 16.5. The zero-order chi connectivity index (χ0) is 15.9. The molecule has 0 unspecified atom stereocenters. The summed E-state index contributed by atoms with van der Waals surface area (Å²) in [5, 5.41) is 8.98. The molecule has 5 heteroatoms. The second-order valence-electron chi connectivity index (χ2n) is 5.63. The van der Waals surface area contributed by atoms with Gasteiger partial charge in [0.25, 0.3) is 5.91 Å². The number of ether oxygens (including phenoxy) is 1. The number of piperidine rings is 1. The van der Waals surface area contributed by atoms with E-state index in [0.717, 1.165) is 18.6 Å². The van der Waals surface area contributed by atoms with Crippen molar-refractivity contribution in [3.05, 3.63) is 29.8 Å². The highest BCUT2D eigenvalue weighted by molar-refractivity contribution is 5.94. The Morgan fingerprint density at radius 3 is 2.41 bits per heavy atom. The van der Waals surface area contributed by atoms with Crippen molar-refractivity contribution in [2.24, 2.45) is 5.92 Å². The SMILES string of the molecule is CCCCOc1ccc(C(=O)N2CCC(C(=O)O)CC2)cc1. The van der Waals surface area contributed by atoms with Crippen LogP contribution in [0.25, 0.3) is 0 Å². The summed E-state index contributed by atoms with van der Waals surface area (Å²) in [6.07, 6.45) is 3.15. The van der Waals surface area contributed by atoms with Crippen LogP contribution >= 0.6 is 0 Å². The lowest BCUT2D eigenvalue weighted by molar-refractivity contribution is -0.143. The van der Waals surface area contributed by atoms with Crippen molar-refractivity contribution < 1.29 is 19.4 Å². The minimum Gasteiger partial charge on any atom is -0.494 e. The summed E-state index contributed by atoms with van der Waals surface area (Å²) in [6, 6.07) is 7.17. The van der Waals surface area contributed by atoms with Gasteiger partial charge in [0.05, 0.1) is 12.5 Å². The standard InChI is InChI=1S/C17H23NO4/c1-2-3-12-22-15-6-4-13(5-7-15)16(19)18-10-8-14(9-11-18)17(20)21/h4-7,14H,2-3,8-12H2,1H3,(H,20,21). The number of amides is 1. The van der Waals surface area contributed by atoms with Crippen molar-refractivity contribution in [1.29, 1.82) is 0 Å². The van der Waals surface area contributed by atoms with E-state index in [-0.39, 0.29) is 11.8 Å². The molecule has 1 fully saturated rings. The number of carbonyl (C=O) groups excluding carboxylic acids is 1. The Morgan fingerprint density at radius 2 is 1.86 bits per heavy atom. The third-order valence-corrected chi connectivity index (χ3v) is 4.00. The summed E-state index contributed by atoms with van der Waals surface area (Å²) in [5.41, 5.74) is 0.622. The average Bonchev–Trinajstić information content (AvgIpc) is 2.55. The Kier molecular flexibility index (Phi) is 5.81. The zero-order valence-electron chi connectivity index (χ0n) is 13.0. The maximum Gasteiger partial charge on any atom is 0.306 e. The first-order chi connectivity index (χ1) is 10.6. The van der Waals surface area contributed by atoms with Crippen LogP contribution in [-0.2, 0) is 4.79 Å². The molecule has 0 spiro atoms. The summed E-state index contributed by atoms with van der Waals surface area (Å²) in [5.74, 6) is -0.349. The molecule has 5 nitrogen and oxygen atoms in total. The second-order valence-corrected chi connectivity index (χ2v) is 5.63. The molecule has 1 N–H and O–H groups in total. The van der Waals surface area contributed by atoms with Gasteiger partial charge in [-0.15, -0.1) is 0 Å². The Morgan fingerprint density at radius 1 is 1.23 bits per heavy atom. The summed E-state index contributed by atoms with van der Waals surface area (Å²) < 4.78 is 5.58. The molecule has 1 saturated heterocycles. The summed E-state index contributed by atoms with van der Waals surface area (Å²) in [7, 11) is 0. The van der Waals surface area contributed by atoms with Gasteiger partial charge in [-0.1, -0.05) is 13.3 Å². The summed E-state index contributed by atoms with van der Waals surface area (Å²) >= 11 is 0. The quantitative estimate of drug-likeness (QED) is 0.821. The number of hydrogen-bond donors (Lipinski definition) is 1. The maximum atomic E-state index is 12.4. The lowest BCUT2D eigenvalue weighted by atomic mass is 9.96. The molecule has 1 aromatic carbocycles. The van der Waals surface area contributed by atoms with E-state index in [4.69, 9.17) is 9.84 Å². The minimum absolute atomic E-state index is 0.0380. The molecule has 22 heavy (non-hydrogen) atoms. The third-order valence-electron chi connectivity index (χ3n) is 4.00. The van der Waals surface area contributed by atoms with Crippen LogP contribution in [0.1, 0.15) is 43.0 Å². The molecule has 1 aliphatic heterocycles. The van der Waals surface area contributed by atoms with Gasteiger partial charge in [0.2, 0.25) is 0 Å². The number of carboxylic acids is 1. The van der Waals surface area contributed by atoms with Crippen LogP contribution in [-0.4, -0.2) is 41.6 Å². The number of nitrogens with zero attached hydrogens (tertiary/aromatic N) is 1.